The number of nitrogens with one attached hydrogen (secondary N) is 1. The maximum Gasteiger partial charge on any atom is 0.446 e. The Morgan fingerprint density at radius 1 is 0.967 bits per heavy atom. The van der Waals surface area contributed by atoms with Crippen molar-refractivity contribution in [3.05, 3.63) is 77.9 Å². The lowest BCUT2D eigenvalue weighted by molar-refractivity contribution is -0.0328. The van der Waals surface area contributed by atoms with Crippen molar-refractivity contribution in [2.75, 3.05) is 0 Å². The Bertz CT molecular complexity index is 1300. The number of aromatic nitrogens is 3. The second-order valence-corrected chi connectivity index (χ2v) is 7.72. The van der Waals surface area contributed by atoms with E-state index in [1.54, 1.807) is 0 Å². The van der Waals surface area contributed by atoms with Crippen LogP contribution in [0.2, 0.25) is 10.0 Å². The monoisotopic (exact) mass is 479 g/mol. The van der Waals surface area contributed by atoms with Gasteiger partial charge in [-0.1, -0.05) is 23.2 Å². The molecule has 1 N–H and O–H groups in total. The number of halogens is 5. The van der Waals surface area contributed by atoms with Crippen LogP contribution in [0.1, 0.15) is 0 Å². The summed E-state index contributed by atoms with van der Waals surface area (Å²) in [6, 6.07) is 7.46. The smallest absolute Gasteiger partial charge is 0.446 e. The van der Waals surface area contributed by atoms with Gasteiger partial charge in [0.15, 0.2) is 0 Å². The van der Waals surface area contributed by atoms with Gasteiger partial charge < -0.3 is 4.74 Å². The fourth-order valence-electron chi connectivity index (χ4n) is 2.37. The molecule has 0 amide bonds. The van der Waals surface area contributed by atoms with E-state index in [0.717, 1.165) is 6.07 Å². The van der Waals surface area contributed by atoms with E-state index < -0.39 is 22.6 Å². The topological polar surface area (TPSA) is 86.1 Å². The lowest BCUT2D eigenvalue weighted by Crippen LogP contribution is -2.47. The minimum atomic E-state index is -4.46. The minimum absolute atomic E-state index is 0.0162. The second-order valence-electron chi connectivity index (χ2n) is 5.77. The summed E-state index contributed by atoms with van der Waals surface area (Å²) >= 11 is 11.8. The lowest BCUT2D eigenvalue weighted by Gasteiger charge is -2.12. The van der Waals surface area contributed by atoms with Gasteiger partial charge >= 0.3 is 22.6 Å². The van der Waals surface area contributed by atoms with E-state index in [0.29, 0.717) is 9.13 Å². The molecule has 7 nitrogen and oxygen atoms in total. The van der Waals surface area contributed by atoms with Crippen LogP contribution in [0.15, 0.2) is 55.7 Å². The Morgan fingerprint density at radius 2 is 1.57 bits per heavy atom. The van der Waals surface area contributed by atoms with Crippen molar-refractivity contribution >= 4 is 35.0 Å². The van der Waals surface area contributed by atoms with Crippen LogP contribution in [0.25, 0.3) is 5.69 Å². The molecule has 13 heteroatoms. The molecular formula is C17H10Cl2F3N3O4S. The molecule has 0 saturated carbocycles. The first-order valence-electron chi connectivity index (χ1n) is 7.92. The highest BCUT2D eigenvalue weighted by Crippen LogP contribution is 2.41. The lowest BCUT2D eigenvalue weighted by atomic mass is 10.3. The van der Waals surface area contributed by atoms with Crippen molar-refractivity contribution in [2.45, 2.75) is 10.4 Å². The van der Waals surface area contributed by atoms with Gasteiger partial charge in [0.05, 0.1) is 15.7 Å². The van der Waals surface area contributed by atoms with Crippen LogP contribution in [0.3, 0.4) is 0 Å². The van der Waals surface area contributed by atoms with E-state index in [2.05, 4.69) is 0 Å². The van der Waals surface area contributed by atoms with Crippen molar-refractivity contribution in [1.29, 1.82) is 0 Å². The van der Waals surface area contributed by atoms with E-state index in [-0.39, 0.29) is 43.9 Å². The Labute approximate surface area is 179 Å². The average Bonchev–Trinajstić information content (AvgIpc) is 2.62. The van der Waals surface area contributed by atoms with Gasteiger partial charge in [0.25, 0.3) is 0 Å². The molecule has 1 aromatic heterocycles. The largest absolute Gasteiger partial charge is 0.454 e. The molecule has 0 aliphatic heterocycles. The molecule has 0 bridgehead atoms. The number of alkyl halides is 3. The van der Waals surface area contributed by atoms with Gasteiger partial charge in [-0.2, -0.15) is 13.2 Å². The van der Waals surface area contributed by atoms with Gasteiger partial charge in [0, 0.05) is 11.9 Å². The molecule has 0 atom stereocenters. The molecule has 30 heavy (non-hydrogen) atoms. The highest BCUT2D eigenvalue weighted by Gasteiger charge is 2.29. The number of rotatable bonds is 4. The number of hydrogen-bond acceptors (Lipinski definition) is 5. The predicted octanol–water partition coefficient (Wildman–Crippen LogP) is 3.94. The van der Waals surface area contributed by atoms with Crippen LogP contribution in [0.4, 0.5) is 13.2 Å². The van der Waals surface area contributed by atoms with Crippen LogP contribution in [0, 0.1) is 0 Å². The fraction of sp³-hybridized carbons (Fsp3) is 0.118. The SMILES string of the molecule is Cn1c(=O)[nH]c(=O)n(-c2ccc(Oc3ccc(SC(F)(F)F)cc3Cl)c(Cl)c2)c1=O. The molecule has 0 spiro atoms. The summed E-state index contributed by atoms with van der Waals surface area (Å²) in [6.07, 6.45) is 0. The van der Waals surface area contributed by atoms with E-state index in [1.165, 1.54) is 37.4 Å². The standard InChI is InChI=1S/C17H10Cl2F3N3O4S/c1-24-14(26)23-15(27)25(16(24)28)8-2-4-12(10(18)6-8)29-13-5-3-9(7-11(13)19)30-17(20,21)22/h2-7H,1H3,(H,23,26,27). The van der Waals surface area contributed by atoms with Crippen LogP contribution < -0.4 is 21.8 Å². The maximum absolute atomic E-state index is 12.5. The summed E-state index contributed by atoms with van der Waals surface area (Å²) in [5.74, 6) is 0.128. The van der Waals surface area contributed by atoms with E-state index in [4.69, 9.17) is 27.9 Å². The highest BCUT2D eigenvalue weighted by molar-refractivity contribution is 8.00. The molecule has 0 radical (unpaired) electrons. The molecule has 0 aliphatic rings. The summed E-state index contributed by atoms with van der Waals surface area (Å²) in [5, 5.41) is -0.0902. The van der Waals surface area contributed by atoms with Crippen LogP contribution in [-0.4, -0.2) is 19.6 Å². The molecular weight excluding hydrogens is 470 g/mol. The number of aromatic amines is 1. The Hall–Kier alpha value is -2.63. The highest BCUT2D eigenvalue weighted by atomic mass is 35.5. The van der Waals surface area contributed by atoms with Crippen molar-refractivity contribution in [3.8, 4) is 17.2 Å². The van der Waals surface area contributed by atoms with Crippen molar-refractivity contribution < 1.29 is 17.9 Å². The van der Waals surface area contributed by atoms with Crippen molar-refractivity contribution in [3.63, 3.8) is 0 Å². The molecule has 3 rings (SSSR count). The molecule has 0 fully saturated rings. The molecule has 0 aliphatic carbocycles. The van der Waals surface area contributed by atoms with E-state index in [9.17, 15) is 27.6 Å². The summed E-state index contributed by atoms with van der Waals surface area (Å²) in [7, 11) is 1.19. The first-order valence-corrected chi connectivity index (χ1v) is 9.49. The van der Waals surface area contributed by atoms with Crippen LogP contribution >= 0.6 is 35.0 Å². The summed E-state index contributed by atoms with van der Waals surface area (Å²) in [5.41, 5.74) is -7.09. The minimum Gasteiger partial charge on any atom is -0.454 e. The van der Waals surface area contributed by atoms with Gasteiger partial charge in [-0.05, 0) is 48.2 Å². The number of ether oxygens (including phenoxy) is 1. The zero-order valence-electron chi connectivity index (χ0n) is 14.8. The molecule has 3 aromatic rings. The number of thioether (sulfide) groups is 1. The number of hydrogen-bond donors (Lipinski definition) is 1. The molecule has 0 unspecified atom stereocenters. The Morgan fingerprint density at radius 3 is 2.13 bits per heavy atom. The summed E-state index contributed by atoms with van der Waals surface area (Å²) in [4.78, 5) is 37.5. The second kappa shape index (κ2) is 8.25. The van der Waals surface area contributed by atoms with E-state index >= 15 is 0 Å². The zero-order valence-corrected chi connectivity index (χ0v) is 17.1. The third kappa shape index (κ3) is 4.74. The summed E-state index contributed by atoms with van der Waals surface area (Å²) < 4.78 is 44.3. The number of H-pyrrole nitrogens is 1. The normalized spacial score (nSPS) is 11.5. The van der Waals surface area contributed by atoms with Gasteiger partial charge in [-0.15, -0.1) is 0 Å². The zero-order chi connectivity index (χ0) is 22.2. The first kappa shape index (κ1) is 22.1. The van der Waals surface area contributed by atoms with E-state index in [1.807, 2.05) is 4.98 Å². The number of nitrogens with zero attached hydrogens (tertiary/aromatic N) is 2. The average molecular weight is 480 g/mol. The Balaban J connectivity index is 1.93. The third-order valence-electron chi connectivity index (χ3n) is 3.73. The molecule has 158 valence electrons. The summed E-state index contributed by atoms with van der Waals surface area (Å²) in [6.45, 7) is 0. The van der Waals surface area contributed by atoms with Gasteiger partial charge in [0.1, 0.15) is 11.5 Å². The van der Waals surface area contributed by atoms with Crippen LogP contribution in [-0.2, 0) is 7.05 Å². The predicted molar refractivity (Wildman–Crippen MR) is 106 cm³/mol. The fourth-order valence-corrected chi connectivity index (χ4v) is 3.45. The third-order valence-corrected chi connectivity index (χ3v) is 5.04. The van der Waals surface area contributed by atoms with Gasteiger partial charge in [-0.25, -0.2) is 23.5 Å². The maximum atomic E-state index is 12.5. The molecule has 0 saturated heterocycles. The quantitative estimate of drug-likeness (QED) is 0.572. The molecule has 2 aromatic carbocycles. The van der Waals surface area contributed by atoms with Gasteiger partial charge in [0.2, 0.25) is 0 Å². The van der Waals surface area contributed by atoms with Crippen molar-refractivity contribution in [1.82, 2.24) is 14.1 Å². The number of benzene rings is 2. The van der Waals surface area contributed by atoms with Gasteiger partial charge in [-0.3, -0.25) is 4.98 Å². The molecule has 1 heterocycles. The van der Waals surface area contributed by atoms with Crippen LogP contribution in [0.5, 0.6) is 11.5 Å². The van der Waals surface area contributed by atoms with Crippen molar-refractivity contribution in [2.24, 2.45) is 7.05 Å². The Kier molecular flexibility index (Phi) is 6.06. The first-order chi connectivity index (χ1) is 14.0.